The Morgan fingerprint density at radius 2 is 1.48 bits per heavy atom. The highest BCUT2D eigenvalue weighted by Gasteiger charge is 2.44. The lowest BCUT2D eigenvalue weighted by Crippen LogP contribution is -2.40. The van der Waals surface area contributed by atoms with Gasteiger partial charge in [-0.15, -0.1) is 0 Å². The van der Waals surface area contributed by atoms with Gasteiger partial charge < -0.3 is 29.4 Å². The summed E-state index contributed by atoms with van der Waals surface area (Å²) in [6.07, 6.45) is 15.9. The Kier molecular flexibility index (Phi) is 31.7. The number of rotatable bonds is 24. The average Bonchev–Trinajstić information content (AvgIpc) is 3.21. The van der Waals surface area contributed by atoms with Crippen molar-refractivity contribution in [2.24, 2.45) is 0 Å². The summed E-state index contributed by atoms with van der Waals surface area (Å²) in [5, 5.41) is 11.5. The lowest BCUT2D eigenvalue weighted by Gasteiger charge is -2.25. The van der Waals surface area contributed by atoms with Crippen LogP contribution in [0, 0.1) is 0 Å². The molecule has 4 atom stereocenters. The molecule has 0 bridgehead atoms. The summed E-state index contributed by atoms with van der Waals surface area (Å²) >= 11 is 0. The van der Waals surface area contributed by atoms with Crippen LogP contribution in [0.2, 0.25) is 0 Å². The van der Waals surface area contributed by atoms with Crippen LogP contribution in [0.3, 0.4) is 0 Å². The van der Waals surface area contributed by atoms with Gasteiger partial charge in [0.15, 0.2) is 0 Å². The Hall–Kier alpha value is -1.07. The highest BCUT2D eigenvalue weighted by Crippen LogP contribution is 2.26. The first-order valence-electron chi connectivity index (χ1n) is 15.6. The van der Waals surface area contributed by atoms with E-state index in [1.165, 1.54) is 57.8 Å². The fraction of sp³-hybridized carbons (Fsp3) is 0.933. The van der Waals surface area contributed by atoms with Crippen molar-refractivity contribution >= 4 is 20.1 Å². The molecule has 4 unspecified atom stereocenters. The Morgan fingerprint density at radius 3 is 1.93 bits per heavy atom. The number of carbonyl (C=O) groups is 2. The van der Waals surface area contributed by atoms with Crippen molar-refractivity contribution < 1.29 is 38.4 Å². The molecule has 0 aromatic rings. The zero-order valence-corrected chi connectivity index (χ0v) is 26.0. The van der Waals surface area contributed by atoms with E-state index in [1.54, 1.807) is 0 Å². The Morgan fingerprint density at radius 1 is 0.950 bits per heavy atom. The molecule has 1 rings (SSSR count). The van der Waals surface area contributed by atoms with Gasteiger partial charge in [0.1, 0.15) is 39.1 Å². The van der Waals surface area contributed by atoms with Crippen LogP contribution >= 0.6 is 0 Å². The first-order valence-corrected chi connectivity index (χ1v) is 15.6. The van der Waals surface area contributed by atoms with Crippen molar-refractivity contribution in [1.29, 1.82) is 0 Å². The van der Waals surface area contributed by atoms with Crippen LogP contribution in [0.1, 0.15) is 124 Å². The molecule has 1 heterocycles. The fourth-order valence-electron chi connectivity index (χ4n) is 4.36. The minimum absolute atomic E-state index is 0.0237. The second-order valence-electron chi connectivity index (χ2n) is 10.2. The molecule has 0 aliphatic carbocycles. The van der Waals surface area contributed by atoms with Gasteiger partial charge in [-0.1, -0.05) is 78.1 Å². The van der Waals surface area contributed by atoms with Gasteiger partial charge in [-0.2, -0.15) is 4.94 Å². The molecule has 2 N–H and O–H groups in total. The van der Waals surface area contributed by atoms with Gasteiger partial charge in [0, 0.05) is 25.5 Å². The van der Waals surface area contributed by atoms with Crippen LogP contribution in [-0.2, 0) is 28.7 Å². The van der Waals surface area contributed by atoms with Crippen LogP contribution in [0.25, 0.3) is 0 Å². The summed E-state index contributed by atoms with van der Waals surface area (Å²) in [4.78, 5) is 24.1. The summed E-state index contributed by atoms with van der Waals surface area (Å²) in [7, 11) is 7.74. The fourth-order valence-corrected chi connectivity index (χ4v) is 4.36. The van der Waals surface area contributed by atoms with Gasteiger partial charge in [-0.3, -0.25) is 4.79 Å². The van der Waals surface area contributed by atoms with Gasteiger partial charge >= 0.3 is 5.97 Å². The molecule has 40 heavy (non-hydrogen) atoms. The third-order valence-corrected chi connectivity index (χ3v) is 6.35. The number of nitrogens with one attached hydrogen (secondary N) is 1. The Balaban J connectivity index is 0. The smallest absolute Gasteiger partial charge is 0.303 e. The zero-order chi connectivity index (χ0) is 30.4. The molecule has 0 aromatic carbocycles. The number of carboxylic acids is 1. The van der Waals surface area contributed by atoms with E-state index in [9.17, 15) is 14.1 Å². The van der Waals surface area contributed by atoms with Gasteiger partial charge in [0.25, 0.3) is 0 Å². The van der Waals surface area contributed by atoms with Crippen molar-refractivity contribution in [1.82, 2.24) is 5.32 Å². The van der Waals surface area contributed by atoms with E-state index in [2.05, 4.69) is 10.3 Å². The van der Waals surface area contributed by atoms with E-state index in [0.717, 1.165) is 44.9 Å². The molecule has 236 valence electrons. The predicted octanol–water partition coefficient (Wildman–Crippen LogP) is 6.33. The number of aldehydes is 1. The van der Waals surface area contributed by atoms with Crippen LogP contribution in [0.4, 0.5) is 4.53 Å². The maximum absolute atomic E-state index is 12.0. The summed E-state index contributed by atoms with van der Waals surface area (Å²) in [5.41, 5.74) is 0. The summed E-state index contributed by atoms with van der Waals surface area (Å²) in [5.74, 6) is -0.673. The molecular weight excluding hydrogens is 516 g/mol. The molecule has 0 amide bonds. The number of ether oxygens (including phenoxy) is 3. The minimum atomic E-state index is -0.673. The highest BCUT2D eigenvalue weighted by molar-refractivity contribution is 6.11. The second-order valence-corrected chi connectivity index (χ2v) is 10.2. The van der Waals surface area contributed by atoms with Crippen molar-refractivity contribution in [3.63, 3.8) is 0 Å². The molecule has 0 aromatic heterocycles. The standard InChI is InChI=1S/C16H30O3.C12H23BFNO4.C2H6/c17-15-13-11-9-7-5-3-1-2-4-6-8-10-12-14-16(18)19;1-8(2)18-10-9(7-17-14)19-12(13)11(10)16-6-4-5-15-3;1-2/h15H,1-14H2,(H,18,19);8-12,15H,4-7H2,1-3H3;1-2H3. The van der Waals surface area contributed by atoms with E-state index >= 15 is 0 Å². The first kappa shape index (κ1) is 41.1. The van der Waals surface area contributed by atoms with E-state index in [-0.39, 0.29) is 12.7 Å². The largest absolute Gasteiger partial charge is 0.481 e. The van der Waals surface area contributed by atoms with Crippen LogP contribution in [0.5, 0.6) is 0 Å². The van der Waals surface area contributed by atoms with Crippen molar-refractivity contribution in [2.75, 3.05) is 26.8 Å². The molecule has 10 heteroatoms. The number of halogens is 1. The minimum Gasteiger partial charge on any atom is -0.481 e. The van der Waals surface area contributed by atoms with Crippen LogP contribution in [-0.4, -0.2) is 82.4 Å². The summed E-state index contributed by atoms with van der Waals surface area (Å²) in [6, 6.07) is -0.626. The van der Waals surface area contributed by atoms with E-state index < -0.39 is 30.3 Å². The van der Waals surface area contributed by atoms with Crippen molar-refractivity contribution in [3.05, 3.63) is 0 Å². The van der Waals surface area contributed by atoms with Gasteiger partial charge in [-0.25, -0.2) is 0 Å². The third-order valence-electron chi connectivity index (χ3n) is 6.35. The number of carbonyl (C=O) groups excluding carboxylic acids is 1. The number of hydrogen-bond acceptors (Lipinski definition) is 7. The topological polar surface area (TPSA) is 103 Å². The Bertz CT molecular complexity index is 560. The van der Waals surface area contributed by atoms with E-state index in [1.807, 2.05) is 34.7 Å². The molecule has 0 saturated carbocycles. The zero-order valence-electron chi connectivity index (χ0n) is 26.0. The number of aliphatic carboxylic acids is 1. The third kappa shape index (κ3) is 24.7. The highest BCUT2D eigenvalue weighted by atomic mass is 19.3. The summed E-state index contributed by atoms with van der Waals surface area (Å²) in [6.45, 7) is 8.99. The average molecular weight is 576 g/mol. The predicted molar refractivity (Wildman–Crippen MR) is 159 cm³/mol. The van der Waals surface area contributed by atoms with Gasteiger partial charge in [0.2, 0.25) is 0 Å². The maximum Gasteiger partial charge on any atom is 0.303 e. The molecule has 1 saturated heterocycles. The number of unbranched alkanes of at least 4 members (excludes halogenated alkanes) is 12. The quantitative estimate of drug-likeness (QED) is 0.0783. The van der Waals surface area contributed by atoms with Crippen LogP contribution in [0.15, 0.2) is 0 Å². The van der Waals surface area contributed by atoms with Gasteiger partial charge in [-0.05, 0) is 51.2 Å². The van der Waals surface area contributed by atoms with Crippen LogP contribution < -0.4 is 5.32 Å². The molecule has 1 aliphatic heterocycles. The first-order chi connectivity index (χ1) is 19.4. The summed E-state index contributed by atoms with van der Waals surface area (Å²) < 4.78 is 28.9. The molecule has 1 fully saturated rings. The SMILES string of the molecule is CC.O=CCCCCCCCCCCCCCCC(=O)O.[B]C1OC(COF)C(OC(C)C)C1OCCCNC. The maximum atomic E-state index is 12.0. The lowest BCUT2D eigenvalue weighted by molar-refractivity contribution is -0.178. The number of hydrogen-bond donors (Lipinski definition) is 2. The van der Waals surface area contributed by atoms with E-state index in [4.69, 9.17) is 27.2 Å². The molecule has 8 nitrogen and oxygen atoms in total. The molecule has 2 radical (unpaired) electrons. The molecular formula is C30H59BFNO7. The second kappa shape index (κ2) is 30.9. The Labute approximate surface area is 245 Å². The monoisotopic (exact) mass is 575 g/mol. The number of carboxylic acid groups (broad SMARTS) is 1. The van der Waals surface area contributed by atoms with E-state index in [0.29, 0.717) is 13.0 Å². The molecule has 1 aliphatic rings. The molecule has 0 spiro atoms. The lowest BCUT2D eigenvalue weighted by atomic mass is 9.92. The van der Waals surface area contributed by atoms with Crippen molar-refractivity contribution in [2.45, 2.75) is 154 Å². The van der Waals surface area contributed by atoms with Crippen molar-refractivity contribution in [3.8, 4) is 0 Å². The van der Waals surface area contributed by atoms with Gasteiger partial charge in [0.05, 0.1) is 6.10 Å². The normalized spacial score (nSPS) is 20.0.